The van der Waals surface area contributed by atoms with Crippen molar-refractivity contribution in [1.82, 2.24) is 9.13 Å². The topological polar surface area (TPSA) is 16.3 Å². The van der Waals surface area contributed by atoms with Crippen molar-refractivity contribution in [2.45, 2.75) is 52.4 Å². The number of nitrogens with zero attached hydrogens (tertiary/aromatic N) is 4. The third-order valence-electron chi connectivity index (χ3n) is 16.5. The summed E-state index contributed by atoms with van der Waals surface area (Å²) in [7, 11) is 0. The quantitative estimate of drug-likeness (QED) is 0.154. The van der Waals surface area contributed by atoms with Crippen LogP contribution in [-0.2, 0) is 10.8 Å². The van der Waals surface area contributed by atoms with Crippen molar-refractivity contribution >= 4 is 101 Å². The third-order valence-corrected chi connectivity index (χ3v) is 16.5. The SMILES string of the molecule is [2H]c1c([2H])c([2H])c2c(c1[2H])c1c([2H])c([2H])c([2H])c([2H])c1n2-c1ccc2c(c1)N(c1ccc(C(C)(C)C)cc1-c1ccccc1)c1cccc3c1B2c1ccc(-n2c4ccccc4c4ccccc42)cc1N3c1ccc(C(C)(C)C)cc1-c1ccccc1. The zero-order chi connectivity index (χ0) is 60.3. The lowest BCUT2D eigenvalue weighted by Crippen LogP contribution is -2.61. The zero-order valence-electron chi connectivity index (χ0n) is 52.9. The molecule has 11 aromatic carbocycles. The van der Waals surface area contributed by atoms with Gasteiger partial charge in [-0.05, 0) is 134 Å². The number of hydrogen-bond acceptors (Lipinski definition) is 2. The molecule has 13 aromatic rings. The second kappa shape index (κ2) is 17.6. The summed E-state index contributed by atoms with van der Waals surface area (Å²) in [4.78, 5) is 4.83. The Balaban J connectivity index is 1.08. The first-order chi connectivity index (χ1) is 41.8. The smallest absolute Gasteiger partial charge is 0.252 e. The van der Waals surface area contributed by atoms with Crippen LogP contribution in [-0.4, -0.2) is 15.8 Å². The van der Waals surface area contributed by atoms with Crippen molar-refractivity contribution in [2.75, 3.05) is 9.80 Å². The summed E-state index contributed by atoms with van der Waals surface area (Å²) in [5.41, 5.74) is 18.8. The summed E-state index contributed by atoms with van der Waals surface area (Å²) in [6, 6.07) is 68.3. The summed E-state index contributed by atoms with van der Waals surface area (Å²) < 4.78 is 77.4. The Bertz CT molecular complexity index is 4950. The van der Waals surface area contributed by atoms with Crippen molar-refractivity contribution in [3.8, 4) is 33.6 Å². The normalized spacial score (nSPS) is 14.5. The van der Waals surface area contributed by atoms with Gasteiger partial charge < -0.3 is 18.9 Å². The number of hydrogen-bond donors (Lipinski definition) is 0. The molecule has 2 aliphatic heterocycles. The molecule has 0 fully saturated rings. The zero-order valence-corrected chi connectivity index (χ0v) is 44.9. The van der Waals surface area contributed by atoms with Crippen molar-refractivity contribution < 1.29 is 11.0 Å². The maximum absolute atomic E-state index is 9.54. The van der Waals surface area contributed by atoms with E-state index in [4.69, 9.17) is 5.48 Å². The van der Waals surface area contributed by atoms with E-state index in [0.29, 0.717) is 5.69 Å². The third kappa shape index (κ3) is 7.29. The Morgan fingerprint density at radius 2 is 0.759 bits per heavy atom. The van der Waals surface area contributed by atoms with Gasteiger partial charge in [0.15, 0.2) is 0 Å². The van der Waals surface area contributed by atoms with Gasteiger partial charge in [-0.2, -0.15) is 0 Å². The molecule has 0 spiro atoms. The Kier molecular flexibility index (Phi) is 8.72. The summed E-state index contributed by atoms with van der Waals surface area (Å²) in [6.07, 6.45) is 0. The molecule has 0 atom stereocenters. The summed E-state index contributed by atoms with van der Waals surface area (Å²) >= 11 is 0. The van der Waals surface area contributed by atoms with E-state index in [0.717, 1.165) is 95.1 Å². The number of benzene rings is 11. The first kappa shape index (κ1) is 39.1. The van der Waals surface area contributed by atoms with Crippen LogP contribution in [0.4, 0.5) is 34.1 Å². The van der Waals surface area contributed by atoms with Crippen LogP contribution in [0.3, 0.4) is 0 Å². The van der Waals surface area contributed by atoms with E-state index in [-0.39, 0.29) is 63.5 Å². The Morgan fingerprint density at radius 1 is 0.342 bits per heavy atom. The Morgan fingerprint density at radius 3 is 1.22 bits per heavy atom. The van der Waals surface area contributed by atoms with Gasteiger partial charge in [0.1, 0.15) is 0 Å². The molecule has 2 aromatic heterocycles. The molecule has 0 N–H and O–H groups in total. The molecular weight excluding hydrogens is 956 g/mol. The van der Waals surface area contributed by atoms with E-state index in [1.54, 1.807) is 4.57 Å². The fraction of sp³-hybridized carbons (Fsp3) is 0.108. The fourth-order valence-corrected chi connectivity index (χ4v) is 12.7. The van der Waals surface area contributed by atoms with E-state index in [1.807, 2.05) is 12.1 Å². The van der Waals surface area contributed by atoms with Gasteiger partial charge >= 0.3 is 0 Å². The molecule has 0 radical (unpaired) electrons. The van der Waals surface area contributed by atoms with Crippen molar-refractivity contribution in [2.24, 2.45) is 0 Å². The summed E-state index contributed by atoms with van der Waals surface area (Å²) in [5.74, 6) is 0. The van der Waals surface area contributed by atoms with Gasteiger partial charge in [-0.3, -0.25) is 0 Å². The molecule has 5 heteroatoms. The minimum absolute atomic E-state index is 0.0301. The highest BCUT2D eigenvalue weighted by Gasteiger charge is 2.44. The van der Waals surface area contributed by atoms with Crippen LogP contribution in [0.5, 0.6) is 0 Å². The average Bonchev–Trinajstić information content (AvgIpc) is 1.56. The second-order valence-electron chi connectivity index (χ2n) is 23.1. The number of aromatic nitrogens is 2. The van der Waals surface area contributed by atoms with Crippen LogP contribution in [0.25, 0.3) is 77.2 Å². The minimum atomic E-state index is -0.484. The van der Waals surface area contributed by atoms with Gasteiger partial charge in [0, 0.05) is 66.8 Å². The predicted octanol–water partition coefficient (Wildman–Crippen LogP) is 17.9. The van der Waals surface area contributed by atoms with Crippen molar-refractivity contribution in [3.05, 3.63) is 260 Å². The molecule has 0 amide bonds. The molecule has 4 nitrogen and oxygen atoms in total. The number of rotatable bonds is 6. The molecule has 0 bridgehead atoms. The van der Waals surface area contributed by atoms with Gasteiger partial charge in [-0.1, -0.05) is 205 Å². The fourth-order valence-electron chi connectivity index (χ4n) is 12.7. The number of para-hydroxylation sites is 4. The summed E-state index contributed by atoms with van der Waals surface area (Å²) in [6.45, 7) is 13.1. The van der Waals surface area contributed by atoms with Crippen LogP contribution in [0.15, 0.2) is 249 Å². The lowest BCUT2D eigenvalue weighted by Gasteiger charge is -2.45. The van der Waals surface area contributed by atoms with Crippen LogP contribution in [0, 0.1) is 0 Å². The maximum atomic E-state index is 9.54. The Hall–Kier alpha value is -9.32. The lowest BCUT2D eigenvalue weighted by molar-refractivity contribution is 0.590. The summed E-state index contributed by atoms with van der Waals surface area (Å²) in [5, 5.41) is 2.39. The molecule has 15 rings (SSSR count). The first-order valence-electron chi connectivity index (χ1n) is 31.2. The molecular formula is C74H59BN4. The highest BCUT2D eigenvalue weighted by molar-refractivity contribution is 7.00. The van der Waals surface area contributed by atoms with Crippen LogP contribution in [0.2, 0.25) is 0 Å². The van der Waals surface area contributed by atoms with Crippen LogP contribution < -0.4 is 26.2 Å². The van der Waals surface area contributed by atoms with Crippen molar-refractivity contribution in [1.29, 1.82) is 0 Å². The largest absolute Gasteiger partial charge is 0.311 e. The van der Waals surface area contributed by atoms with Gasteiger partial charge in [0.2, 0.25) is 0 Å². The van der Waals surface area contributed by atoms with Gasteiger partial charge in [-0.15, -0.1) is 0 Å². The van der Waals surface area contributed by atoms with E-state index < -0.39 is 24.2 Å². The maximum Gasteiger partial charge on any atom is 0.252 e. The van der Waals surface area contributed by atoms with Gasteiger partial charge in [0.25, 0.3) is 6.71 Å². The van der Waals surface area contributed by atoms with Crippen LogP contribution >= 0.6 is 0 Å². The minimum Gasteiger partial charge on any atom is -0.311 e. The monoisotopic (exact) mass is 1020 g/mol. The molecule has 79 heavy (non-hydrogen) atoms. The molecule has 0 unspecified atom stereocenters. The van der Waals surface area contributed by atoms with E-state index >= 15 is 0 Å². The number of fused-ring (bicyclic) bond motifs is 10. The second-order valence-corrected chi connectivity index (χ2v) is 23.1. The van der Waals surface area contributed by atoms with E-state index in [1.165, 1.54) is 16.3 Å². The highest BCUT2D eigenvalue weighted by Crippen LogP contribution is 2.50. The molecule has 0 aliphatic carbocycles. The highest BCUT2D eigenvalue weighted by atomic mass is 15.2. The van der Waals surface area contributed by atoms with Crippen LogP contribution in [0.1, 0.15) is 63.6 Å². The van der Waals surface area contributed by atoms with E-state index in [9.17, 15) is 5.48 Å². The molecule has 378 valence electrons. The van der Waals surface area contributed by atoms with Gasteiger partial charge in [-0.25, -0.2) is 0 Å². The van der Waals surface area contributed by atoms with E-state index in [2.05, 4.69) is 244 Å². The molecule has 4 heterocycles. The first-order valence-corrected chi connectivity index (χ1v) is 27.2. The average molecular weight is 1020 g/mol. The predicted molar refractivity (Wildman–Crippen MR) is 337 cm³/mol. The Labute approximate surface area is 474 Å². The number of anilines is 6. The van der Waals surface area contributed by atoms with Gasteiger partial charge in [0.05, 0.1) is 44.4 Å². The molecule has 2 aliphatic rings. The lowest BCUT2D eigenvalue weighted by atomic mass is 9.33. The molecule has 0 saturated carbocycles. The van der Waals surface area contributed by atoms with Crippen molar-refractivity contribution in [3.63, 3.8) is 0 Å². The standard InChI is InChI=1S/C74H59BN4/c1-73(2,3)50-36-42-66(58(44-50)48-22-9-7-10-23-48)78-68-34-21-35-69-72(68)75(60-40-38-52(46-70(60)78)76-62-30-17-13-26-54(62)55-27-14-18-31-63(55)76)61-41-39-53(77-64-32-19-15-28-56(64)57-29-16-20-33-65(57)77)47-71(61)79(69)67-43-37-51(74(4,5)6)45-59(67)49-24-11-8-12-25-49/h7-47H,1-6H3/i13D,14D,17D,18D,26D,27D,30D,31D. The molecule has 0 saturated heterocycles.